The number of carbonyl (C=O) groups is 1. The normalized spacial score (nSPS) is 11.7. The summed E-state index contributed by atoms with van der Waals surface area (Å²) in [6.07, 6.45) is 0.302. The topological polar surface area (TPSA) is 47.6 Å². The maximum absolute atomic E-state index is 12.3. The van der Waals surface area contributed by atoms with Crippen LogP contribution in [-0.4, -0.2) is 20.1 Å². The van der Waals surface area contributed by atoms with Crippen molar-refractivity contribution < 1.29 is 14.3 Å². The van der Waals surface area contributed by atoms with Gasteiger partial charge in [-0.1, -0.05) is 30.3 Å². The summed E-state index contributed by atoms with van der Waals surface area (Å²) >= 11 is 0. The zero-order chi connectivity index (χ0) is 16.8. The smallest absolute Gasteiger partial charge is 0.224 e. The van der Waals surface area contributed by atoms with E-state index < -0.39 is 0 Å². The molecule has 0 spiro atoms. The van der Waals surface area contributed by atoms with E-state index in [1.165, 1.54) is 5.56 Å². The minimum absolute atomic E-state index is 0.0204. The Morgan fingerprint density at radius 2 is 1.78 bits per heavy atom. The predicted octanol–water partition coefficient (Wildman–Crippen LogP) is 3.43. The third-order valence-electron chi connectivity index (χ3n) is 3.85. The molecule has 1 N–H and O–H groups in total. The van der Waals surface area contributed by atoms with Crippen molar-refractivity contribution in [2.75, 3.05) is 14.2 Å². The molecule has 0 fully saturated rings. The number of carbonyl (C=O) groups excluding carboxylic acids is 1. The second-order valence-electron chi connectivity index (χ2n) is 5.51. The first kappa shape index (κ1) is 16.9. The lowest BCUT2D eigenvalue weighted by Gasteiger charge is -2.17. The van der Waals surface area contributed by atoms with Crippen molar-refractivity contribution in [3.63, 3.8) is 0 Å². The number of methoxy groups -OCH3 is 2. The summed E-state index contributed by atoms with van der Waals surface area (Å²) in [6, 6.07) is 13.6. The molecule has 0 aromatic heterocycles. The van der Waals surface area contributed by atoms with E-state index in [0.717, 1.165) is 11.1 Å². The molecule has 0 aliphatic carbocycles. The van der Waals surface area contributed by atoms with Crippen molar-refractivity contribution in [3.05, 3.63) is 59.2 Å². The Morgan fingerprint density at radius 3 is 2.43 bits per heavy atom. The fourth-order valence-electron chi connectivity index (χ4n) is 2.62. The predicted molar refractivity (Wildman–Crippen MR) is 91.0 cm³/mol. The maximum Gasteiger partial charge on any atom is 0.224 e. The zero-order valence-corrected chi connectivity index (χ0v) is 14.1. The number of rotatable bonds is 6. The first-order chi connectivity index (χ1) is 11.0. The maximum atomic E-state index is 12.3. The van der Waals surface area contributed by atoms with Gasteiger partial charge in [-0.05, 0) is 42.7 Å². The Bertz CT molecular complexity index is 682. The average Bonchev–Trinajstić information content (AvgIpc) is 2.54. The van der Waals surface area contributed by atoms with Crippen molar-refractivity contribution in [2.45, 2.75) is 26.3 Å². The molecule has 0 saturated heterocycles. The molecule has 0 heterocycles. The summed E-state index contributed by atoms with van der Waals surface area (Å²) in [5.74, 6) is 1.27. The van der Waals surface area contributed by atoms with E-state index in [1.807, 2.05) is 56.3 Å². The zero-order valence-electron chi connectivity index (χ0n) is 14.1. The lowest BCUT2D eigenvalue weighted by atomic mass is 10.0. The number of amides is 1. The van der Waals surface area contributed by atoms with Gasteiger partial charge in [-0.25, -0.2) is 0 Å². The molecule has 122 valence electrons. The van der Waals surface area contributed by atoms with Crippen LogP contribution in [-0.2, 0) is 11.2 Å². The van der Waals surface area contributed by atoms with Crippen LogP contribution in [0.3, 0.4) is 0 Å². The number of aryl methyl sites for hydroxylation is 1. The summed E-state index contributed by atoms with van der Waals surface area (Å²) in [5.41, 5.74) is 3.19. The van der Waals surface area contributed by atoms with E-state index in [4.69, 9.17) is 9.47 Å². The lowest BCUT2D eigenvalue weighted by molar-refractivity contribution is -0.121. The molecule has 0 bridgehead atoms. The van der Waals surface area contributed by atoms with Gasteiger partial charge >= 0.3 is 0 Å². The van der Waals surface area contributed by atoms with Gasteiger partial charge in [0.05, 0.1) is 26.7 Å². The van der Waals surface area contributed by atoms with Crippen LogP contribution < -0.4 is 14.8 Å². The Labute approximate surface area is 137 Å². The molecular weight excluding hydrogens is 290 g/mol. The first-order valence-electron chi connectivity index (χ1n) is 7.61. The molecule has 0 aliphatic heterocycles. The highest BCUT2D eigenvalue weighted by molar-refractivity contribution is 5.79. The van der Waals surface area contributed by atoms with Crippen molar-refractivity contribution in [1.29, 1.82) is 0 Å². The Hall–Kier alpha value is -2.49. The fraction of sp³-hybridized carbons (Fsp3) is 0.316. The van der Waals surface area contributed by atoms with Crippen LogP contribution in [0.4, 0.5) is 0 Å². The molecule has 2 aromatic rings. The van der Waals surface area contributed by atoms with Gasteiger partial charge in [-0.2, -0.15) is 0 Å². The van der Waals surface area contributed by atoms with Gasteiger partial charge in [0.25, 0.3) is 0 Å². The van der Waals surface area contributed by atoms with Gasteiger partial charge in [0.15, 0.2) is 11.5 Å². The Morgan fingerprint density at radius 1 is 1.09 bits per heavy atom. The minimum Gasteiger partial charge on any atom is -0.493 e. The molecule has 23 heavy (non-hydrogen) atoms. The molecule has 0 radical (unpaired) electrons. The quantitative estimate of drug-likeness (QED) is 0.889. The second-order valence-corrected chi connectivity index (χ2v) is 5.51. The largest absolute Gasteiger partial charge is 0.493 e. The molecule has 4 nitrogen and oxygen atoms in total. The second kappa shape index (κ2) is 7.68. The minimum atomic E-state index is -0.0242. The van der Waals surface area contributed by atoms with Crippen LogP contribution in [0.1, 0.15) is 29.7 Å². The molecule has 4 heteroatoms. The molecule has 2 rings (SSSR count). The van der Waals surface area contributed by atoms with E-state index in [-0.39, 0.29) is 11.9 Å². The van der Waals surface area contributed by atoms with Crippen LogP contribution in [0.2, 0.25) is 0 Å². The third-order valence-corrected chi connectivity index (χ3v) is 3.85. The van der Waals surface area contributed by atoms with Gasteiger partial charge in [0, 0.05) is 0 Å². The van der Waals surface area contributed by atoms with Gasteiger partial charge in [0.1, 0.15) is 0 Å². The molecule has 0 unspecified atom stereocenters. The van der Waals surface area contributed by atoms with E-state index in [0.29, 0.717) is 17.9 Å². The van der Waals surface area contributed by atoms with Crippen molar-refractivity contribution in [3.8, 4) is 11.5 Å². The van der Waals surface area contributed by atoms with Crippen LogP contribution in [0, 0.1) is 6.92 Å². The number of nitrogens with one attached hydrogen (secondary N) is 1. The SMILES string of the molecule is COc1ccc(CC(=O)N[C@H](C)c2ccccc2C)cc1OC. The molecule has 0 saturated carbocycles. The van der Waals surface area contributed by atoms with Crippen LogP contribution >= 0.6 is 0 Å². The third kappa shape index (κ3) is 4.25. The molecule has 1 amide bonds. The Kier molecular flexibility index (Phi) is 5.63. The van der Waals surface area contributed by atoms with E-state index in [1.54, 1.807) is 14.2 Å². The highest BCUT2D eigenvalue weighted by Gasteiger charge is 2.13. The lowest BCUT2D eigenvalue weighted by Crippen LogP contribution is -2.28. The first-order valence-corrected chi connectivity index (χ1v) is 7.61. The molecule has 2 aromatic carbocycles. The van der Waals surface area contributed by atoms with Gasteiger partial charge in [-0.3, -0.25) is 4.79 Å². The standard InChI is InChI=1S/C19H23NO3/c1-13-7-5-6-8-16(13)14(2)20-19(21)12-15-9-10-17(22-3)18(11-15)23-4/h5-11,14H,12H2,1-4H3,(H,20,21)/t14-/m1/s1. The summed E-state index contributed by atoms with van der Waals surface area (Å²) in [4.78, 5) is 12.3. The Balaban J connectivity index is 2.03. The van der Waals surface area contributed by atoms with Crippen molar-refractivity contribution in [1.82, 2.24) is 5.32 Å². The van der Waals surface area contributed by atoms with E-state index in [9.17, 15) is 4.79 Å². The van der Waals surface area contributed by atoms with Crippen LogP contribution in [0.5, 0.6) is 11.5 Å². The monoisotopic (exact) mass is 313 g/mol. The highest BCUT2D eigenvalue weighted by atomic mass is 16.5. The highest BCUT2D eigenvalue weighted by Crippen LogP contribution is 2.27. The summed E-state index contributed by atoms with van der Waals surface area (Å²) in [5, 5.41) is 3.04. The summed E-state index contributed by atoms with van der Waals surface area (Å²) in [7, 11) is 3.18. The van der Waals surface area contributed by atoms with Crippen LogP contribution in [0.15, 0.2) is 42.5 Å². The average molecular weight is 313 g/mol. The number of benzene rings is 2. The van der Waals surface area contributed by atoms with Gasteiger partial charge in [0.2, 0.25) is 5.91 Å². The van der Waals surface area contributed by atoms with Crippen molar-refractivity contribution >= 4 is 5.91 Å². The number of hydrogen-bond acceptors (Lipinski definition) is 3. The molecule has 0 aliphatic rings. The van der Waals surface area contributed by atoms with Gasteiger partial charge < -0.3 is 14.8 Å². The van der Waals surface area contributed by atoms with Crippen molar-refractivity contribution in [2.24, 2.45) is 0 Å². The summed E-state index contributed by atoms with van der Waals surface area (Å²) < 4.78 is 10.5. The summed E-state index contributed by atoms with van der Waals surface area (Å²) in [6.45, 7) is 4.04. The van der Waals surface area contributed by atoms with Crippen LogP contribution in [0.25, 0.3) is 0 Å². The number of hydrogen-bond donors (Lipinski definition) is 1. The molecule has 1 atom stereocenters. The van der Waals surface area contributed by atoms with Gasteiger partial charge in [-0.15, -0.1) is 0 Å². The fourth-order valence-corrected chi connectivity index (χ4v) is 2.62. The van der Waals surface area contributed by atoms with E-state index >= 15 is 0 Å². The van der Waals surface area contributed by atoms with E-state index in [2.05, 4.69) is 5.32 Å². The number of ether oxygens (including phenoxy) is 2. The molecular formula is C19H23NO3.